The molecule has 248 valence electrons. The molecule has 5 heteroatoms. The van der Waals surface area contributed by atoms with Crippen LogP contribution in [0.2, 0.25) is 0 Å². The molecule has 0 aliphatic heterocycles. The molecule has 3 heterocycles. The van der Waals surface area contributed by atoms with Gasteiger partial charge in [-0.15, -0.1) is 22.7 Å². The first-order valence-electron chi connectivity index (χ1n) is 17.8. The molecule has 0 atom stereocenters. The Morgan fingerprint density at radius 2 is 0.736 bits per heavy atom. The third kappa shape index (κ3) is 4.17. The van der Waals surface area contributed by atoms with Crippen molar-refractivity contribution in [3.63, 3.8) is 0 Å². The maximum absolute atomic E-state index is 16.3. The monoisotopic (exact) mass is 730 g/mol. The van der Waals surface area contributed by atoms with Crippen molar-refractivity contribution in [1.29, 1.82) is 0 Å². The maximum Gasteiger partial charge on any atom is 0.171 e. The Labute approximate surface area is 311 Å². The van der Waals surface area contributed by atoms with Gasteiger partial charge in [-0.25, -0.2) is 0 Å². The quantitative estimate of drug-likeness (QED) is 0.134. The van der Waals surface area contributed by atoms with Crippen molar-refractivity contribution < 1.29 is 8.98 Å². The standard InChI is InChI=1S/C48H27O2PS2/c49-51(28-18-21-47-41(23-28)36-13-5-7-15-45(36)52-47,29-19-22-48-42(24-29)37-14-6-8-16-46(37)53-48)30-17-20-35-40-26-38-33-11-3-1-9-31(33)32-10-2-4-12-34(32)39(38)27-44(40)50-43(35)25-30/h1-27H. The van der Waals surface area contributed by atoms with Gasteiger partial charge >= 0.3 is 0 Å². The summed E-state index contributed by atoms with van der Waals surface area (Å²) in [5.74, 6) is 0. The van der Waals surface area contributed by atoms with E-state index < -0.39 is 7.14 Å². The van der Waals surface area contributed by atoms with Crippen LogP contribution < -0.4 is 15.9 Å². The number of thiophene rings is 2. The number of furan rings is 1. The Balaban J connectivity index is 1.13. The van der Waals surface area contributed by atoms with Gasteiger partial charge in [0.25, 0.3) is 0 Å². The first-order chi connectivity index (χ1) is 26.1. The van der Waals surface area contributed by atoms with E-state index in [4.69, 9.17) is 4.42 Å². The Hall–Kier alpha value is -5.77. The normalized spacial score (nSPS) is 12.6. The summed E-state index contributed by atoms with van der Waals surface area (Å²) in [6, 6.07) is 57.8. The summed E-state index contributed by atoms with van der Waals surface area (Å²) in [6.45, 7) is 0. The van der Waals surface area contributed by atoms with E-state index in [2.05, 4.69) is 158 Å². The van der Waals surface area contributed by atoms with Crippen molar-refractivity contribution in [2.75, 3.05) is 0 Å². The second kappa shape index (κ2) is 10.9. The molecule has 0 saturated carbocycles. The summed E-state index contributed by atoms with van der Waals surface area (Å²) < 4.78 is 27.9. The van der Waals surface area contributed by atoms with E-state index >= 15 is 4.57 Å². The Kier molecular flexibility index (Phi) is 6.11. The van der Waals surface area contributed by atoms with Crippen LogP contribution in [-0.4, -0.2) is 0 Å². The van der Waals surface area contributed by atoms with Crippen molar-refractivity contribution in [3.8, 4) is 0 Å². The van der Waals surface area contributed by atoms with Crippen LogP contribution in [0.25, 0.3) is 94.6 Å². The maximum atomic E-state index is 16.3. The highest BCUT2D eigenvalue weighted by atomic mass is 32.1. The zero-order chi connectivity index (χ0) is 34.8. The van der Waals surface area contributed by atoms with Gasteiger partial charge in [0.1, 0.15) is 11.2 Å². The van der Waals surface area contributed by atoms with E-state index in [1.165, 1.54) is 61.9 Å². The van der Waals surface area contributed by atoms with Crippen molar-refractivity contribution in [2.24, 2.45) is 0 Å². The predicted octanol–water partition coefficient (Wildman–Crippen LogP) is 13.4. The molecule has 2 nitrogen and oxygen atoms in total. The second-order valence-corrected chi connectivity index (χ2v) is 18.9. The van der Waals surface area contributed by atoms with Gasteiger partial charge in [-0.3, -0.25) is 0 Å². The minimum absolute atomic E-state index is 0.741. The average molecular weight is 731 g/mol. The van der Waals surface area contributed by atoms with E-state index in [-0.39, 0.29) is 0 Å². The Bertz CT molecular complexity index is 3450. The van der Waals surface area contributed by atoms with Gasteiger partial charge in [-0.1, -0.05) is 84.9 Å². The van der Waals surface area contributed by atoms with Gasteiger partial charge in [0.2, 0.25) is 0 Å². The molecule has 0 amide bonds. The first-order valence-corrected chi connectivity index (χ1v) is 21.1. The van der Waals surface area contributed by atoms with E-state index in [1.54, 1.807) is 22.7 Å². The molecule has 0 aliphatic rings. The molecule has 0 bridgehead atoms. The van der Waals surface area contributed by atoms with E-state index in [9.17, 15) is 0 Å². The molecule has 9 aromatic carbocycles. The van der Waals surface area contributed by atoms with Gasteiger partial charge in [0.15, 0.2) is 7.14 Å². The number of benzene rings is 9. The first kappa shape index (κ1) is 29.8. The van der Waals surface area contributed by atoms with Crippen LogP contribution in [0.15, 0.2) is 168 Å². The van der Waals surface area contributed by atoms with Crippen LogP contribution >= 0.6 is 29.8 Å². The molecule has 0 saturated heterocycles. The van der Waals surface area contributed by atoms with Gasteiger partial charge < -0.3 is 8.98 Å². The fourth-order valence-electron chi connectivity index (χ4n) is 8.63. The summed E-state index contributed by atoms with van der Waals surface area (Å²) in [4.78, 5) is 0. The summed E-state index contributed by atoms with van der Waals surface area (Å²) in [7, 11) is -3.40. The van der Waals surface area contributed by atoms with Gasteiger partial charge in [0, 0.05) is 67.0 Å². The largest absolute Gasteiger partial charge is 0.456 e. The highest BCUT2D eigenvalue weighted by Crippen LogP contribution is 2.48. The van der Waals surface area contributed by atoms with Gasteiger partial charge in [-0.2, -0.15) is 0 Å². The molecule has 0 fully saturated rings. The number of fused-ring (bicyclic) bond motifs is 15. The van der Waals surface area contributed by atoms with E-state index in [1.807, 2.05) is 6.07 Å². The minimum Gasteiger partial charge on any atom is -0.456 e. The topological polar surface area (TPSA) is 30.2 Å². The molecule has 0 N–H and O–H groups in total. The Morgan fingerprint density at radius 3 is 1.30 bits per heavy atom. The molecule has 0 aliphatic carbocycles. The van der Waals surface area contributed by atoms with Crippen molar-refractivity contribution in [1.82, 2.24) is 0 Å². The van der Waals surface area contributed by atoms with Crippen LogP contribution in [0.3, 0.4) is 0 Å². The minimum atomic E-state index is -3.40. The molecule has 53 heavy (non-hydrogen) atoms. The lowest BCUT2D eigenvalue weighted by Gasteiger charge is -2.20. The van der Waals surface area contributed by atoms with Crippen LogP contribution in [0.5, 0.6) is 0 Å². The van der Waals surface area contributed by atoms with Crippen LogP contribution in [0.1, 0.15) is 0 Å². The zero-order valence-corrected chi connectivity index (χ0v) is 30.7. The zero-order valence-electron chi connectivity index (χ0n) is 28.2. The van der Waals surface area contributed by atoms with E-state index in [0.29, 0.717) is 0 Å². The summed E-state index contributed by atoms with van der Waals surface area (Å²) >= 11 is 3.56. The molecule has 0 spiro atoms. The van der Waals surface area contributed by atoms with Gasteiger partial charge in [0.05, 0.1) is 0 Å². The molecule has 3 aromatic heterocycles. The van der Waals surface area contributed by atoms with E-state index in [0.717, 1.165) is 48.6 Å². The lowest BCUT2D eigenvalue weighted by atomic mass is 9.93. The van der Waals surface area contributed by atoms with Crippen LogP contribution in [0.4, 0.5) is 0 Å². The highest BCUT2D eigenvalue weighted by Gasteiger charge is 2.32. The number of rotatable bonds is 3. The molecule has 12 aromatic rings. The number of hydrogen-bond acceptors (Lipinski definition) is 4. The smallest absolute Gasteiger partial charge is 0.171 e. The van der Waals surface area contributed by atoms with Crippen LogP contribution in [0, 0.1) is 0 Å². The van der Waals surface area contributed by atoms with Crippen LogP contribution in [-0.2, 0) is 4.57 Å². The Morgan fingerprint density at radius 1 is 0.321 bits per heavy atom. The summed E-state index contributed by atoms with van der Waals surface area (Å²) in [5, 5.41) is 16.5. The predicted molar refractivity (Wildman–Crippen MR) is 231 cm³/mol. The molecule has 0 radical (unpaired) electrons. The lowest BCUT2D eigenvalue weighted by molar-refractivity contribution is 0.592. The lowest BCUT2D eigenvalue weighted by Crippen LogP contribution is -2.25. The molecular weight excluding hydrogens is 704 g/mol. The molecular formula is C48H27O2PS2. The molecule has 12 rings (SSSR count). The molecule has 0 unspecified atom stereocenters. The second-order valence-electron chi connectivity index (χ2n) is 13.9. The van der Waals surface area contributed by atoms with Gasteiger partial charge in [-0.05, 0) is 111 Å². The number of hydrogen-bond donors (Lipinski definition) is 0. The van der Waals surface area contributed by atoms with Crippen molar-refractivity contribution in [3.05, 3.63) is 164 Å². The third-order valence-electron chi connectivity index (χ3n) is 11.1. The summed E-state index contributed by atoms with van der Waals surface area (Å²) in [5.41, 5.74) is 1.57. The SMILES string of the molecule is O=P(c1ccc2c(c1)oc1cc3c4ccccc4c4ccccc4c3cc12)(c1ccc2sc3ccccc3c2c1)c1ccc2sc3ccccc3c2c1. The van der Waals surface area contributed by atoms with Crippen molar-refractivity contribution >= 4 is 140 Å². The summed E-state index contributed by atoms with van der Waals surface area (Å²) in [6.07, 6.45) is 0. The van der Waals surface area contributed by atoms with Crippen molar-refractivity contribution in [2.45, 2.75) is 0 Å². The highest BCUT2D eigenvalue weighted by molar-refractivity contribution is 7.85. The fraction of sp³-hybridized carbons (Fsp3) is 0. The average Bonchev–Trinajstić information content (AvgIpc) is 3.90. The third-order valence-corrected chi connectivity index (χ3v) is 16.5. The fourth-order valence-corrected chi connectivity index (χ4v) is 13.5.